The lowest BCUT2D eigenvalue weighted by molar-refractivity contribution is 0.531. The van der Waals surface area contributed by atoms with Gasteiger partial charge in [0, 0.05) is 12.5 Å². The minimum atomic E-state index is 0. The molecule has 2 rings (SSSR count). The van der Waals surface area contributed by atoms with Crippen molar-refractivity contribution in [2.24, 2.45) is 11.7 Å². The van der Waals surface area contributed by atoms with Gasteiger partial charge in [-0.3, -0.25) is 0 Å². The number of halogens is 2. The Hall–Kier alpha value is -0.280. The summed E-state index contributed by atoms with van der Waals surface area (Å²) in [7, 11) is 0. The molecule has 1 fully saturated rings. The molecular weight excluding hydrogens is 231 g/mol. The van der Waals surface area contributed by atoms with E-state index in [9.17, 15) is 0 Å². The second kappa shape index (κ2) is 7.07. The summed E-state index contributed by atoms with van der Waals surface area (Å²) in [5.74, 6) is 1.23. The normalized spacial score (nSPS) is 24.1. The quantitative estimate of drug-likeness (QED) is 0.838. The van der Waals surface area contributed by atoms with Crippen molar-refractivity contribution in [3.8, 4) is 0 Å². The smallest absolute Gasteiger partial charge is 0.00239 e. The number of rotatable bonds is 2. The summed E-state index contributed by atoms with van der Waals surface area (Å²) in [5, 5.41) is 3.39. The highest BCUT2D eigenvalue weighted by Gasteiger charge is 2.26. The van der Waals surface area contributed by atoms with Crippen LogP contribution in [0.5, 0.6) is 0 Å². The maximum atomic E-state index is 5.72. The van der Waals surface area contributed by atoms with E-state index in [2.05, 4.69) is 35.6 Å². The van der Waals surface area contributed by atoms with Crippen molar-refractivity contribution >= 4 is 24.8 Å². The summed E-state index contributed by atoms with van der Waals surface area (Å²) < 4.78 is 0. The van der Waals surface area contributed by atoms with E-state index in [1.165, 1.54) is 5.56 Å². The van der Waals surface area contributed by atoms with E-state index in [1.807, 2.05) is 0 Å². The largest absolute Gasteiger partial charge is 0.330 e. The Bertz CT molecular complexity index is 267. The van der Waals surface area contributed by atoms with Crippen molar-refractivity contribution in [1.82, 2.24) is 5.32 Å². The predicted octanol–water partition coefficient (Wildman–Crippen LogP) is 1.79. The van der Waals surface area contributed by atoms with Crippen LogP contribution in [0.3, 0.4) is 0 Å². The molecule has 2 nitrogen and oxygen atoms in total. The molecule has 15 heavy (non-hydrogen) atoms. The summed E-state index contributed by atoms with van der Waals surface area (Å²) in [5.41, 5.74) is 7.14. The molecule has 0 amide bonds. The molecule has 2 unspecified atom stereocenters. The Kier molecular flexibility index (Phi) is 6.94. The summed E-state index contributed by atoms with van der Waals surface area (Å²) in [6.07, 6.45) is 0. The first-order valence-electron chi connectivity index (χ1n) is 4.87. The molecule has 1 aromatic rings. The maximum absolute atomic E-state index is 5.72. The zero-order chi connectivity index (χ0) is 9.10. The number of hydrogen-bond acceptors (Lipinski definition) is 2. The molecule has 86 valence electrons. The standard InChI is InChI=1S/C11H16N2.2ClH/c12-6-10-7-13-8-11(10)9-4-2-1-3-5-9;;/h1-5,10-11,13H,6-8,12H2;2*1H. The monoisotopic (exact) mass is 248 g/mol. The van der Waals surface area contributed by atoms with E-state index >= 15 is 0 Å². The Labute approximate surface area is 103 Å². The fourth-order valence-corrected chi connectivity index (χ4v) is 2.07. The first kappa shape index (κ1) is 14.7. The van der Waals surface area contributed by atoms with Crippen LogP contribution < -0.4 is 11.1 Å². The zero-order valence-electron chi connectivity index (χ0n) is 8.56. The molecule has 1 saturated heterocycles. The third-order valence-electron chi connectivity index (χ3n) is 2.87. The van der Waals surface area contributed by atoms with Gasteiger partial charge in [-0.2, -0.15) is 0 Å². The average Bonchev–Trinajstić information content (AvgIpc) is 2.67. The van der Waals surface area contributed by atoms with Crippen LogP contribution in [0.4, 0.5) is 0 Å². The second-order valence-electron chi connectivity index (χ2n) is 3.67. The van der Waals surface area contributed by atoms with Gasteiger partial charge in [0.2, 0.25) is 0 Å². The van der Waals surface area contributed by atoms with Gasteiger partial charge in [-0.05, 0) is 24.6 Å². The molecule has 0 spiro atoms. The molecule has 0 bridgehead atoms. The minimum absolute atomic E-state index is 0. The fraction of sp³-hybridized carbons (Fsp3) is 0.455. The van der Waals surface area contributed by atoms with Crippen molar-refractivity contribution in [2.45, 2.75) is 5.92 Å². The van der Waals surface area contributed by atoms with Crippen LogP contribution in [0, 0.1) is 5.92 Å². The molecule has 0 radical (unpaired) electrons. The molecule has 1 aliphatic rings. The molecule has 2 atom stereocenters. The van der Waals surface area contributed by atoms with Gasteiger partial charge in [0.05, 0.1) is 0 Å². The predicted molar refractivity (Wildman–Crippen MR) is 69.1 cm³/mol. The first-order valence-corrected chi connectivity index (χ1v) is 4.87. The molecule has 0 saturated carbocycles. The van der Waals surface area contributed by atoms with E-state index in [0.717, 1.165) is 19.6 Å². The van der Waals surface area contributed by atoms with Crippen LogP contribution in [-0.4, -0.2) is 19.6 Å². The molecule has 0 aliphatic carbocycles. The van der Waals surface area contributed by atoms with Crippen LogP contribution in [0.25, 0.3) is 0 Å². The van der Waals surface area contributed by atoms with Crippen LogP contribution >= 0.6 is 24.8 Å². The second-order valence-corrected chi connectivity index (χ2v) is 3.67. The van der Waals surface area contributed by atoms with Crippen LogP contribution in [0.1, 0.15) is 11.5 Å². The van der Waals surface area contributed by atoms with Gasteiger partial charge >= 0.3 is 0 Å². The van der Waals surface area contributed by atoms with Gasteiger partial charge in [-0.1, -0.05) is 30.3 Å². The van der Waals surface area contributed by atoms with Gasteiger partial charge in [-0.15, -0.1) is 24.8 Å². The van der Waals surface area contributed by atoms with Crippen LogP contribution in [0.2, 0.25) is 0 Å². The van der Waals surface area contributed by atoms with Gasteiger partial charge in [-0.25, -0.2) is 0 Å². The average molecular weight is 249 g/mol. The Morgan fingerprint density at radius 3 is 2.40 bits per heavy atom. The lowest BCUT2D eigenvalue weighted by Gasteiger charge is -2.16. The highest BCUT2D eigenvalue weighted by atomic mass is 35.5. The highest BCUT2D eigenvalue weighted by Crippen LogP contribution is 2.26. The molecule has 1 aromatic carbocycles. The van der Waals surface area contributed by atoms with Crippen molar-refractivity contribution in [1.29, 1.82) is 0 Å². The lowest BCUT2D eigenvalue weighted by atomic mass is 9.89. The van der Waals surface area contributed by atoms with Crippen molar-refractivity contribution in [3.63, 3.8) is 0 Å². The molecular formula is C11H18Cl2N2. The fourth-order valence-electron chi connectivity index (χ4n) is 2.07. The molecule has 1 heterocycles. The topological polar surface area (TPSA) is 38.0 Å². The Balaban J connectivity index is 0.000000980. The Morgan fingerprint density at radius 1 is 1.13 bits per heavy atom. The van der Waals surface area contributed by atoms with Crippen LogP contribution in [0.15, 0.2) is 30.3 Å². The van der Waals surface area contributed by atoms with Crippen molar-refractivity contribution < 1.29 is 0 Å². The third kappa shape index (κ3) is 3.35. The molecule has 3 N–H and O–H groups in total. The molecule has 1 aliphatic heterocycles. The number of nitrogens with two attached hydrogens (primary N) is 1. The van der Waals surface area contributed by atoms with Gasteiger partial charge < -0.3 is 11.1 Å². The number of nitrogens with one attached hydrogen (secondary N) is 1. The maximum Gasteiger partial charge on any atom is 0.00239 e. The summed E-state index contributed by atoms with van der Waals surface area (Å²) >= 11 is 0. The van der Waals surface area contributed by atoms with E-state index < -0.39 is 0 Å². The summed E-state index contributed by atoms with van der Waals surface area (Å²) in [6, 6.07) is 10.6. The van der Waals surface area contributed by atoms with E-state index in [-0.39, 0.29) is 24.8 Å². The zero-order valence-corrected chi connectivity index (χ0v) is 10.2. The van der Waals surface area contributed by atoms with E-state index in [4.69, 9.17) is 5.73 Å². The highest BCUT2D eigenvalue weighted by molar-refractivity contribution is 5.85. The lowest BCUT2D eigenvalue weighted by Crippen LogP contribution is -2.20. The minimum Gasteiger partial charge on any atom is -0.330 e. The first-order chi connectivity index (χ1) is 6.42. The number of hydrogen-bond donors (Lipinski definition) is 2. The van der Waals surface area contributed by atoms with Crippen molar-refractivity contribution in [3.05, 3.63) is 35.9 Å². The van der Waals surface area contributed by atoms with Crippen LogP contribution in [-0.2, 0) is 0 Å². The summed E-state index contributed by atoms with van der Waals surface area (Å²) in [6.45, 7) is 2.93. The van der Waals surface area contributed by atoms with Gasteiger partial charge in [0.1, 0.15) is 0 Å². The molecule has 0 aromatic heterocycles. The van der Waals surface area contributed by atoms with Crippen molar-refractivity contribution in [2.75, 3.05) is 19.6 Å². The van der Waals surface area contributed by atoms with Gasteiger partial charge in [0.25, 0.3) is 0 Å². The van der Waals surface area contributed by atoms with Gasteiger partial charge in [0.15, 0.2) is 0 Å². The van der Waals surface area contributed by atoms with E-state index in [0.29, 0.717) is 11.8 Å². The SMILES string of the molecule is Cl.Cl.NCC1CNCC1c1ccccc1. The third-order valence-corrected chi connectivity index (χ3v) is 2.87. The molecule has 4 heteroatoms. The Morgan fingerprint density at radius 2 is 1.80 bits per heavy atom. The number of benzene rings is 1. The summed E-state index contributed by atoms with van der Waals surface area (Å²) in [4.78, 5) is 0. The van der Waals surface area contributed by atoms with E-state index in [1.54, 1.807) is 0 Å².